The van der Waals surface area contributed by atoms with E-state index in [9.17, 15) is 9.90 Å². The smallest absolute Gasteiger partial charge is 0.164 e. The van der Waals surface area contributed by atoms with Crippen LogP contribution in [0.3, 0.4) is 0 Å². The molecule has 2 N–H and O–H groups in total. The fraction of sp³-hybridized carbons (Fsp3) is 0.625. The first-order valence-electron chi connectivity index (χ1n) is 3.77. The third-order valence-corrected chi connectivity index (χ3v) is 1.98. The number of allylic oxidation sites excluding steroid dienone is 1. The zero-order valence-electron chi connectivity index (χ0n) is 6.86. The summed E-state index contributed by atoms with van der Waals surface area (Å²) in [6, 6.07) is 0. The van der Waals surface area contributed by atoms with Crippen LogP contribution in [-0.2, 0) is 9.53 Å². The maximum atomic E-state index is 11.1. The molecule has 0 saturated heterocycles. The molecule has 0 amide bonds. The molecular formula is C8H12O4. The van der Waals surface area contributed by atoms with Crippen LogP contribution in [0, 0.1) is 5.92 Å². The molecule has 0 heterocycles. The van der Waals surface area contributed by atoms with Gasteiger partial charge in [-0.3, -0.25) is 4.79 Å². The fourth-order valence-corrected chi connectivity index (χ4v) is 1.22. The zero-order chi connectivity index (χ0) is 9.14. The Morgan fingerprint density at radius 2 is 2.42 bits per heavy atom. The molecule has 1 aliphatic rings. The van der Waals surface area contributed by atoms with E-state index in [2.05, 4.69) is 0 Å². The van der Waals surface area contributed by atoms with E-state index in [1.165, 1.54) is 13.2 Å². The molecule has 4 nitrogen and oxygen atoms in total. The quantitative estimate of drug-likeness (QED) is 0.587. The van der Waals surface area contributed by atoms with Gasteiger partial charge in [0.2, 0.25) is 0 Å². The molecule has 1 aliphatic carbocycles. The minimum Gasteiger partial charge on any atom is -0.498 e. The van der Waals surface area contributed by atoms with Gasteiger partial charge in [0.1, 0.15) is 11.9 Å². The summed E-state index contributed by atoms with van der Waals surface area (Å²) in [7, 11) is 1.40. The van der Waals surface area contributed by atoms with Crippen LogP contribution in [0.4, 0.5) is 0 Å². The second-order valence-electron chi connectivity index (χ2n) is 2.78. The van der Waals surface area contributed by atoms with Gasteiger partial charge in [0.15, 0.2) is 5.78 Å². The molecule has 4 heteroatoms. The summed E-state index contributed by atoms with van der Waals surface area (Å²) in [4.78, 5) is 11.1. The van der Waals surface area contributed by atoms with Gasteiger partial charge in [-0.25, -0.2) is 0 Å². The Bertz CT molecular complexity index is 209. The number of carbonyl (C=O) groups excluding carboxylic acids is 1. The number of hydrogen-bond donors (Lipinski definition) is 2. The van der Waals surface area contributed by atoms with E-state index in [-0.39, 0.29) is 24.6 Å². The highest BCUT2D eigenvalue weighted by Gasteiger charge is 2.28. The van der Waals surface area contributed by atoms with Gasteiger partial charge in [-0.2, -0.15) is 0 Å². The van der Waals surface area contributed by atoms with Gasteiger partial charge in [0.25, 0.3) is 0 Å². The van der Waals surface area contributed by atoms with Gasteiger partial charge in [0, 0.05) is 12.0 Å². The Morgan fingerprint density at radius 3 is 2.92 bits per heavy atom. The average molecular weight is 172 g/mol. The van der Waals surface area contributed by atoms with Gasteiger partial charge in [0.05, 0.1) is 13.7 Å². The Hall–Kier alpha value is -0.870. The van der Waals surface area contributed by atoms with Gasteiger partial charge in [-0.1, -0.05) is 0 Å². The first-order valence-corrected chi connectivity index (χ1v) is 3.77. The van der Waals surface area contributed by atoms with Crippen molar-refractivity contribution in [1.82, 2.24) is 0 Å². The van der Waals surface area contributed by atoms with E-state index in [1.807, 2.05) is 0 Å². The largest absolute Gasteiger partial charge is 0.498 e. The van der Waals surface area contributed by atoms with Crippen molar-refractivity contribution < 1.29 is 19.7 Å². The van der Waals surface area contributed by atoms with Crippen LogP contribution in [-0.4, -0.2) is 35.8 Å². The molecule has 0 fully saturated rings. The molecule has 12 heavy (non-hydrogen) atoms. The fourth-order valence-electron chi connectivity index (χ4n) is 1.22. The van der Waals surface area contributed by atoms with E-state index in [1.54, 1.807) is 0 Å². The lowest BCUT2D eigenvalue weighted by atomic mass is 9.91. The highest BCUT2D eigenvalue weighted by Crippen LogP contribution is 2.21. The van der Waals surface area contributed by atoms with Gasteiger partial charge < -0.3 is 14.9 Å². The van der Waals surface area contributed by atoms with E-state index in [0.717, 1.165) is 0 Å². The molecule has 0 aliphatic heterocycles. The molecule has 0 radical (unpaired) electrons. The molecule has 0 saturated carbocycles. The van der Waals surface area contributed by atoms with Crippen LogP contribution in [0.2, 0.25) is 0 Å². The summed E-state index contributed by atoms with van der Waals surface area (Å²) in [6.45, 7) is -0.219. The standard InChI is InChI=1S/C8H12O4/c1-12-8-3-6(10)5(4-9)2-7(8)11/h3,5,7,9,11H,2,4H2,1H3/t5-,7-/m0/s1. The van der Waals surface area contributed by atoms with Crippen LogP contribution in [0.15, 0.2) is 11.8 Å². The molecule has 0 unspecified atom stereocenters. The zero-order valence-corrected chi connectivity index (χ0v) is 6.86. The second kappa shape index (κ2) is 3.69. The van der Waals surface area contributed by atoms with Crippen molar-refractivity contribution in [2.75, 3.05) is 13.7 Å². The third kappa shape index (κ3) is 1.65. The molecule has 0 aromatic carbocycles. The van der Waals surface area contributed by atoms with Crippen LogP contribution < -0.4 is 0 Å². The first kappa shape index (κ1) is 9.22. The molecular weight excluding hydrogens is 160 g/mol. The van der Waals surface area contributed by atoms with Crippen molar-refractivity contribution in [3.05, 3.63) is 11.8 Å². The maximum absolute atomic E-state index is 11.1. The van der Waals surface area contributed by atoms with Crippen LogP contribution in [0.5, 0.6) is 0 Å². The van der Waals surface area contributed by atoms with Gasteiger partial charge >= 0.3 is 0 Å². The molecule has 0 aromatic heterocycles. The summed E-state index contributed by atoms with van der Waals surface area (Å²) in [5, 5.41) is 18.1. The summed E-state index contributed by atoms with van der Waals surface area (Å²) >= 11 is 0. The molecule has 2 atom stereocenters. The summed E-state index contributed by atoms with van der Waals surface area (Å²) in [5.74, 6) is -0.372. The van der Waals surface area contributed by atoms with Crippen LogP contribution >= 0.6 is 0 Å². The molecule has 68 valence electrons. The minimum absolute atomic E-state index is 0.181. The van der Waals surface area contributed by atoms with Crippen molar-refractivity contribution >= 4 is 5.78 Å². The highest BCUT2D eigenvalue weighted by atomic mass is 16.5. The van der Waals surface area contributed by atoms with Crippen LogP contribution in [0.25, 0.3) is 0 Å². The predicted octanol–water partition coefficient (Wildman–Crippen LogP) is -0.541. The Morgan fingerprint density at radius 1 is 1.75 bits per heavy atom. The SMILES string of the molecule is COC1=CC(=O)[C@H](CO)C[C@@H]1O. The van der Waals surface area contributed by atoms with Crippen molar-refractivity contribution in [3.8, 4) is 0 Å². The topological polar surface area (TPSA) is 66.8 Å². The minimum atomic E-state index is -0.759. The second-order valence-corrected chi connectivity index (χ2v) is 2.78. The predicted molar refractivity (Wildman–Crippen MR) is 41.3 cm³/mol. The van der Waals surface area contributed by atoms with Crippen molar-refractivity contribution in [1.29, 1.82) is 0 Å². The Labute approximate surface area is 70.5 Å². The third-order valence-electron chi connectivity index (χ3n) is 1.98. The Kier molecular flexibility index (Phi) is 2.83. The molecule has 0 spiro atoms. The normalized spacial score (nSPS) is 29.9. The maximum Gasteiger partial charge on any atom is 0.164 e. The van der Waals surface area contributed by atoms with Gasteiger partial charge in [-0.15, -0.1) is 0 Å². The summed E-state index contributed by atoms with van der Waals surface area (Å²) < 4.78 is 4.78. The van der Waals surface area contributed by atoms with E-state index in [4.69, 9.17) is 9.84 Å². The number of aliphatic hydroxyl groups is 2. The number of carbonyl (C=O) groups is 1. The monoisotopic (exact) mass is 172 g/mol. The number of hydrogen-bond acceptors (Lipinski definition) is 4. The average Bonchev–Trinajstić information content (AvgIpc) is 2.08. The van der Waals surface area contributed by atoms with E-state index < -0.39 is 12.0 Å². The summed E-state index contributed by atoms with van der Waals surface area (Å²) in [6.07, 6.45) is 0.731. The number of methoxy groups -OCH3 is 1. The van der Waals surface area contributed by atoms with Gasteiger partial charge in [-0.05, 0) is 6.42 Å². The van der Waals surface area contributed by atoms with Crippen molar-refractivity contribution in [3.63, 3.8) is 0 Å². The lowest BCUT2D eigenvalue weighted by Crippen LogP contribution is -2.30. The van der Waals surface area contributed by atoms with E-state index >= 15 is 0 Å². The number of aliphatic hydroxyl groups excluding tert-OH is 2. The number of ketones is 1. The molecule has 0 bridgehead atoms. The first-order chi connectivity index (χ1) is 5.69. The lowest BCUT2D eigenvalue weighted by Gasteiger charge is -2.22. The molecule has 1 rings (SSSR count). The molecule has 0 aromatic rings. The van der Waals surface area contributed by atoms with Crippen molar-refractivity contribution in [2.45, 2.75) is 12.5 Å². The van der Waals surface area contributed by atoms with Crippen LogP contribution in [0.1, 0.15) is 6.42 Å². The number of rotatable bonds is 2. The van der Waals surface area contributed by atoms with Crippen molar-refractivity contribution in [2.24, 2.45) is 5.92 Å². The lowest BCUT2D eigenvalue weighted by molar-refractivity contribution is -0.121. The Balaban J connectivity index is 2.76. The van der Waals surface area contributed by atoms with E-state index in [0.29, 0.717) is 0 Å². The highest BCUT2D eigenvalue weighted by molar-refractivity contribution is 5.93. The summed E-state index contributed by atoms with van der Waals surface area (Å²) in [5.41, 5.74) is 0. The number of ether oxygens (including phenoxy) is 1.